The number of aromatic nitrogens is 1. The lowest BCUT2D eigenvalue weighted by Crippen LogP contribution is -2.10. The fraction of sp³-hybridized carbons (Fsp3) is 0.214. The van der Waals surface area contributed by atoms with Crippen molar-refractivity contribution in [3.8, 4) is 0 Å². The minimum atomic E-state index is 0.172. The van der Waals surface area contributed by atoms with Gasteiger partial charge in [-0.05, 0) is 30.2 Å². The second-order valence-electron chi connectivity index (χ2n) is 4.02. The molecule has 18 heavy (non-hydrogen) atoms. The Morgan fingerprint density at radius 2 is 2.11 bits per heavy atom. The van der Waals surface area contributed by atoms with E-state index in [1.165, 1.54) is 0 Å². The van der Waals surface area contributed by atoms with Gasteiger partial charge >= 0.3 is 0 Å². The van der Waals surface area contributed by atoms with Crippen LogP contribution in [0.3, 0.4) is 0 Å². The van der Waals surface area contributed by atoms with Crippen molar-refractivity contribution in [1.29, 1.82) is 0 Å². The van der Waals surface area contributed by atoms with Gasteiger partial charge in [-0.15, -0.1) is 0 Å². The molecule has 1 heterocycles. The molecule has 1 unspecified atom stereocenters. The Bertz CT molecular complexity index is 529. The highest BCUT2D eigenvalue weighted by molar-refractivity contribution is 6.33. The first-order valence-corrected chi connectivity index (χ1v) is 6.58. The normalized spacial score (nSPS) is 12.2. The zero-order valence-corrected chi connectivity index (χ0v) is 11.5. The summed E-state index contributed by atoms with van der Waals surface area (Å²) in [4.78, 5) is 4.07. The number of nitrogens with one attached hydrogen (secondary N) is 1. The van der Waals surface area contributed by atoms with Gasteiger partial charge in [-0.2, -0.15) is 0 Å². The van der Waals surface area contributed by atoms with E-state index in [9.17, 15) is 0 Å². The van der Waals surface area contributed by atoms with Crippen LogP contribution in [0.2, 0.25) is 10.0 Å². The lowest BCUT2D eigenvalue weighted by molar-refractivity contribution is 0.749. The average molecular weight is 281 g/mol. The smallest absolute Gasteiger partial charge is 0.0720 e. The Labute approximate surface area is 117 Å². The van der Waals surface area contributed by atoms with Crippen LogP contribution in [0.15, 0.2) is 42.7 Å². The number of pyridine rings is 1. The van der Waals surface area contributed by atoms with Crippen LogP contribution in [0.5, 0.6) is 0 Å². The molecule has 0 saturated heterocycles. The van der Waals surface area contributed by atoms with Crippen LogP contribution >= 0.6 is 23.2 Å². The lowest BCUT2D eigenvalue weighted by Gasteiger charge is -2.19. The molecule has 0 saturated carbocycles. The molecule has 4 heteroatoms. The van der Waals surface area contributed by atoms with Gasteiger partial charge in [-0.1, -0.05) is 42.3 Å². The summed E-state index contributed by atoms with van der Waals surface area (Å²) < 4.78 is 0. The number of nitrogens with zero attached hydrogens (tertiary/aromatic N) is 1. The minimum absolute atomic E-state index is 0.172. The van der Waals surface area contributed by atoms with Crippen molar-refractivity contribution >= 4 is 28.9 Å². The molecule has 2 rings (SSSR count). The summed E-state index contributed by atoms with van der Waals surface area (Å²) in [5.74, 6) is 0. The van der Waals surface area contributed by atoms with E-state index in [4.69, 9.17) is 23.2 Å². The van der Waals surface area contributed by atoms with E-state index < -0.39 is 0 Å². The fourth-order valence-electron chi connectivity index (χ4n) is 1.82. The molecule has 0 bridgehead atoms. The topological polar surface area (TPSA) is 24.9 Å². The third-order valence-electron chi connectivity index (χ3n) is 2.76. The quantitative estimate of drug-likeness (QED) is 0.857. The highest BCUT2D eigenvalue weighted by atomic mass is 35.5. The van der Waals surface area contributed by atoms with E-state index in [-0.39, 0.29) is 6.04 Å². The van der Waals surface area contributed by atoms with Crippen LogP contribution < -0.4 is 5.32 Å². The molecule has 2 aromatic rings. The largest absolute Gasteiger partial charge is 0.376 e. The van der Waals surface area contributed by atoms with Crippen molar-refractivity contribution in [2.45, 2.75) is 19.4 Å². The monoisotopic (exact) mass is 280 g/mol. The SMILES string of the molecule is CCC(Nc1cnccc1Cl)c1cccc(Cl)c1. The van der Waals surface area contributed by atoms with E-state index in [2.05, 4.69) is 23.3 Å². The summed E-state index contributed by atoms with van der Waals surface area (Å²) in [5.41, 5.74) is 1.98. The highest BCUT2D eigenvalue weighted by Gasteiger charge is 2.11. The molecular weight excluding hydrogens is 267 g/mol. The number of hydrogen-bond donors (Lipinski definition) is 1. The molecule has 0 amide bonds. The van der Waals surface area contributed by atoms with Crippen molar-refractivity contribution in [2.75, 3.05) is 5.32 Å². The molecule has 1 aromatic carbocycles. The van der Waals surface area contributed by atoms with Crippen molar-refractivity contribution < 1.29 is 0 Å². The van der Waals surface area contributed by atoms with Gasteiger partial charge in [-0.3, -0.25) is 4.98 Å². The minimum Gasteiger partial charge on any atom is -0.376 e. The van der Waals surface area contributed by atoms with Crippen LogP contribution in [0, 0.1) is 0 Å². The Morgan fingerprint density at radius 3 is 2.78 bits per heavy atom. The van der Waals surface area contributed by atoms with Crippen molar-refractivity contribution in [3.05, 3.63) is 58.3 Å². The van der Waals surface area contributed by atoms with Crippen LogP contribution in [-0.4, -0.2) is 4.98 Å². The third kappa shape index (κ3) is 3.15. The van der Waals surface area contributed by atoms with Gasteiger partial charge in [0.1, 0.15) is 0 Å². The lowest BCUT2D eigenvalue weighted by atomic mass is 10.0. The first-order chi connectivity index (χ1) is 8.70. The molecule has 0 fully saturated rings. The Balaban J connectivity index is 2.23. The van der Waals surface area contributed by atoms with Crippen molar-refractivity contribution in [2.24, 2.45) is 0 Å². The van der Waals surface area contributed by atoms with Gasteiger partial charge in [-0.25, -0.2) is 0 Å². The Kier molecular flexibility index (Phi) is 4.45. The summed E-state index contributed by atoms with van der Waals surface area (Å²) in [6.45, 7) is 2.11. The maximum absolute atomic E-state index is 6.12. The van der Waals surface area contributed by atoms with E-state index in [1.54, 1.807) is 18.5 Å². The zero-order valence-electron chi connectivity index (χ0n) is 10.0. The fourth-order valence-corrected chi connectivity index (χ4v) is 2.17. The van der Waals surface area contributed by atoms with Crippen molar-refractivity contribution in [3.63, 3.8) is 0 Å². The van der Waals surface area contributed by atoms with E-state index in [1.807, 2.05) is 18.2 Å². The van der Waals surface area contributed by atoms with Gasteiger partial charge in [0.15, 0.2) is 0 Å². The second kappa shape index (κ2) is 6.07. The standard InChI is InChI=1S/C14H14Cl2N2/c1-2-13(10-4-3-5-11(15)8-10)18-14-9-17-7-6-12(14)16/h3-9,13,18H,2H2,1H3. The van der Waals surface area contributed by atoms with Gasteiger partial charge in [0, 0.05) is 11.2 Å². The molecule has 1 N–H and O–H groups in total. The molecule has 1 aromatic heterocycles. The van der Waals surface area contributed by atoms with E-state index in [0.29, 0.717) is 5.02 Å². The molecule has 1 atom stereocenters. The van der Waals surface area contributed by atoms with Crippen molar-refractivity contribution in [1.82, 2.24) is 4.98 Å². The number of rotatable bonds is 4. The molecular formula is C14H14Cl2N2. The van der Waals surface area contributed by atoms with E-state index >= 15 is 0 Å². The highest BCUT2D eigenvalue weighted by Crippen LogP contribution is 2.28. The predicted octanol–water partition coefficient (Wildman–Crippen LogP) is 4.95. The second-order valence-corrected chi connectivity index (χ2v) is 4.86. The molecule has 0 radical (unpaired) electrons. The molecule has 0 aliphatic heterocycles. The number of anilines is 1. The van der Waals surface area contributed by atoms with Gasteiger partial charge in [0.25, 0.3) is 0 Å². The zero-order chi connectivity index (χ0) is 13.0. The van der Waals surface area contributed by atoms with Gasteiger partial charge in [0.05, 0.1) is 22.9 Å². The predicted molar refractivity (Wildman–Crippen MR) is 77.4 cm³/mol. The molecule has 0 aliphatic rings. The summed E-state index contributed by atoms with van der Waals surface area (Å²) >= 11 is 12.1. The molecule has 0 spiro atoms. The van der Waals surface area contributed by atoms with Crippen LogP contribution in [0.4, 0.5) is 5.69 Å². The first kappa shape index (κ1) is 13.2. The Morgan fingerprint density at radius 1 is 1.28 bits per heavy atom. The summed E-state index contributed by atoms with van der Waals surface area (Å²) in [6, 6.07) is 9.78. The van der Waals surface area contributed by atoms with E-state index in [0.717, 1.165) is 22.7 Å². The molecule has 94 valence electrons. The number of benzene rings is 1. The number of halogens is 2. The maximum atomic E-state index is 6.12. The summed E-state index contributed by atoms with van der Waals surface area (Å²) in [5, 5.41) is 4.80. The van der Waals surface area contributed by atoms with Crippen LogP contribution in [0.25, 0.3) is 0 Å². The Hall–Kier alpha value is -1.25. The average Bonchev–Trinajstić information content (AvgIpc) is 2.38. The van der Waals surface area contributed by atoms with Gasteiger partial charge < -0.3 is 5.32 Å². The van der Waals surface area contributed by atoms with Crippen LogP contribution in [-0.2, 0) is 0 Å². The molecule has 0 aliphatic carbocycles. The maximum Gasteiger partial charge on any atom is 0.0720 e. The van der Waals surface area contributed by atoms with Gasteiger partial charge in [0.2, 0.25) is 0 Å². The third-order valence-corrected chi connectivity index (χ3v) is 3.32. The number of hydrogen-bond acceptors (Lipinski definition) is 2. The first-order valence-electron chi connectivity index (χ1n) is 5.82. The summed E-state index contributed by atoms with van der Waals surface area (Å²) in [7, 11) is 0. The molecule has 2 nitrogen and oxygen atoms in total. The van der Waals surface area contributed by atoms with Crippen LogP contribution in [0.1, 0.15) is 24.9 Å². The summed E-state index contributed by atoms with van der Waals surface area (Å²) in [6.07, 6.45) is 4.34.